The Balaban J connectivity index is 1.09. The molecule has 11 nitrogen and oxygen atoms in total. The number of ether oxygens (including phenoxy) is 1. The molecular formula is C43H44F3N6O5P. The monoisotopic (exact) mass is 812 g/mol. The number of nitrogens with zero attached hydrogens (tertiary/aromatic N) is 6. The first-order valence-corrected chi connectivity index (χ1v) is 21.4. The summed E-state index contributed by atoms with van der Waals surface area (Å²) in [6.07, 6.45) is 10.3. The van der Waals surface area contributed by atoms with Gasteiger partial charge in [-0.15, -0.1) is 6.42 Å². The van der Waals surface area contributed by atoms with E-state index >= 15 is 8.78 Å². The van der Waals surface area contributed by atoms with Gasteiger partial charge in [-0.1, -0.05) is 42.3 Å². The summed E-state index contributed by atoms with van der Waals surface area (Å²) < 4.78 is 81.8. The van der Waals surface area contributed by atoms with E-state index in [1.165, 1.54) is 30.5 Å². The number of phenols is 1. The Labute approximate surface area is 334 Å². The minimum atomic E-state index is -3.70. The fourth-order valence-electron chi connectivity index (χ4n) is 9.63. The van der Waals surface area contributed by atoms with Crippen molar-refractivity contribution in [3.05, 3.63) is 83.6 Å². The van der Waals surface area contributed by atoms with Crippen LogP contribution in [0.3, 0.4) is 0 Å². The van der Waals surface area contributed by atoms with E-state index in [-0.39, 0.29) is 71.4 Å². The number of aromatic hydroxyl groups is 1. The Morgan fingerprint density at radius 2 is 1.84 bits per heavy atom. The number of fused-ring (bicyclic) bond motifs is 5. The lowest BCUT2D eigenvalue weighted by molar-refractivity contribution is 0.107. The number of anilines is 1. The van der Waals surface area contributed by atoms with Gasteiger partial charge in [0.15, 0.2) is 5.82 Å². The molecule has 9 rings (SSSR count). The van der Waals surface area contributed by atoms with Crippen LogP contribution < -0.4 is 9.64 Å². The number of hydrogen-bond donors (Lipinski definition) is 1. The lowest BCUT2D eigenvalue weighted by atomic mass is 9.95. The normalized spacial score (nSPS) is 24.3. The Hall–Kier alpha value is -4.77. The maximum Gasteiger partial charge on any atom is 0.408 e. The molecular weight excluding hydrogens is 768 g/mol. The van der Waals surface area contributed by atoms with Crippen LogP contribution in [-0.2, 0) is 20.0 Å². The first-order chi connectivity index (χ1) is 28.1. The number of pyridine rings is 1. The molecule has 6 heterocycles. The van der Waals surface area contributed by atoms with E-state index in [0.29, 0.717) is 49.1 Å². The molecule has 3 aromatic carbocycles. The van der Waals surface area contributed by atoms with E-state index in [2.05, 4.69) is 20.8 Å². The fraction of sp³-hybridized carbons (Fsp3) is 0.419. The fourth-order valence-corrected chi connectivity index (χ4v) is 11.8. The van der Waals surface area contributed by atoms with Crippen LogP contribution in [0.5, 0.6) is 11.8 Å². The molecule has 5 aromatic rings. The van der Waals surface area contributed by atoms with Crippen LogP contribution in [0.25, 0.3) is 32.9 Å². The minimum absolute atomic E-state index is 0.0859. The number of rotatable bonds is 12. The van der Waals surface area contributed by atoms with Crippen molar-refractivity contribution in [2.24, 2.45) is 0 Å². The Morgan fingerprint density at radius 3 is 2.60 bits per heavy atom. The van der Waals surface area contributed by atoms with E-state index in [0.717, 1.165) is 37.8 Å². The second-order valence-corrected chi connectivity index (χ2v) is 17.6. The maximum atomic E-state index is 17.2. The zero-order valence-electron chi connectivity index (χ0n) is 32.1. The molecule has 0 aliphatic carbocycles. The molecule has 4 aliphatic heterocycles. The van der Waals surface area contributed by atoms with Crippen LogP contribution in [0.15, 0.2) is 60.8 Å². The second-order valence-electron chi connectivity index (χ2n) is 15.7. The predicted molar refractivity (Wildman–Crippen MR) is 215 cm³/mol. The van der Waals surface area contributed by atoms with Crippen LogP contribution in [-0.4, -0.2) is 99.4 Å². The van der Waals surface area contributed by atoms with Crippen molar-refractivity contribution < 1.29 is 36.6 Å². The van der Waals surface area contributed by atoms with Crippen LogP contribution in [0.4, 0.5) is 19.0 Å². The molecule has 1 N–H and O–H groups in total. The molecule has 0 saturated carbocycles. The van der Waals surface area contributed by atoms with E-state index in [4.69, 9.17) is 25.2 Å². The quantitative estimate of drug-likeness (QED) is 0.0983. The number of hydrogen-bond acceptors (Lipinski definition) is 10. The van der Waals surface area contributed by atoms with E-state index < -0.39 is 31.1 Å². The topological polar surface area (TPSA) is 113 Å². The molecule has 0 radical (unpaired) electrons. The summed E-state index contributed by atoms with van der Waals surface area (Å²) in [4.78, 5) is 18.1. The Bertz CT molecular complexity index is 2460. The lowest BCUT2D eigenvalue weighted by Gasteiger charge is -2.43. The van der Waals surface area contributed by atoms with Gasteiger partial charge in [0.05, 0.1) is 29.7 Å². The lowest BCUT2D eigenvalue weighted by Crippen LogP contribution is -2.53. The van der Waals surface area contributed by atoms with Gasteiger partial charge in [-0.2, -0.15) is 14.6 Å². The molecule has 0 amide bonds. The van der Waals surface area contributed by atoms with Crippen molar-refractivity contribution in [2.45, 2.75) is 69.2 Å². The van der Waals surface area contributed by atoms with Crippen LogP contribution in [0.2, 0.25) is 0 Å². The Kier molecular flexibility index (Phi) is 10.3. The molecule has 0 spiro atoms. The summed E-state index contributed by atoms with van der Waals surface area (Å²) in [7, 11) is -3.70. The summed E-state index contributed by atoms with van der Waals surface area (Å²) in [6, 6.07) is 14.7. The molecule has 4 saturated heterocycles. The number of halogens is 3. The SMILES string of the molecule is C#Cc1c(F)ccc2cc(O)cc(-c3ncc4c(N5CC6CCC(C5)N6P(=O)(OCC)OCCc5ccccc5)nc(OC[C@@]56CCCN5C[C@H](F)C6)nc4c3F)c12. The zero-order valence-corrected chi connectivity index (χ0v) is 33.0. The number of alkyl halides is 1. The summed E-state index contributed by atoms with van der Waals surface area (Å²) in [5.74, 6) is 1.05. The molecule has 58 heavy (non-hydrogen) atoms. The third-order valence-electron chi connectivity index (χ3n) is 12.1. The maximum absolute atomic E-state index is 17.2. The van der Waals surface area contributed by atoms with E-state index in [1.54, 1.807) is 6.92 Å². The van der Waals surface area contributed by atoms with Crippen molar-refractivity contribution in [1.82, 2.24) is 24.5 Å². The van der Waals surface area contributed by atoms with Crippen molar-refractivity contribution in [3.8, 4) is 35.4 Å². The van der Waals surface area contributed by atoms with Gasteiger partial charge in [-0.3, -0.25) is 18.9 Å². The van der Waals surface area contributed by atoms with Gasteiger partial charge >= 0.3 is 13.8 Å². The summed E-state index contributed by atoms with van der Waals surface area (Å²) >= 11 is 0. The van der Waals surface area contributed by atoms with Crippen LogP contribution in [0, 0.1) is 24.0 Å². The molecule has 15 heteroatoms. The largest absolute Gasteiger partial charge is 0.508 e. The minimum Gasteiger partial charge on any atom is -0.508 e. The highest BCUT2D eigenvalue weighted by Crippen LogP contribution is 2.59. The second kappa shape index (κ2) is 15.4. The molecule has 4 fully saturated rings. The zero-order chi connectivity index (χ0) is 40.2. The summed E-state index contributed by atoms with van der Waals surface area (Å²) in [6.45, 7) is 4.19. The molecule has 2 bridgehead atoms. The van der Waals surface area contributed by atoms with Gasteiger partial charge in [0, 0.05) is 55.3 Å². The van der Waals surface area contributed by atoms with Crippen molar-refractivity contribution in [2.75, 3.05) is 50.9 Å². The predicted octanol–water partition coefficient (Wildman–Crippen LogP) is 7.82. The van der Waals surface area contributed by atoms with Gasteiger partial charge in [-0.05, 0) is 74.7 Å². The van der Waals surface area contributed by atoms with Crippen LogP contribution in [0.1, 0.15) is 50.2 Å². The standard InChI is InChI=1S/C43H44F3N6O5P/c1-3-33-36(45)14-11-28-19-32(53)20-34(37(28)33)39-38(46)40-35(22-47-39)41(49-42(48-40)55-26-43-16-8-17-51(43)23-29(44)21-43)50-24-30-12-13-31(25-50)52(30)58(54,56-4-2)57-18-15-27-9-6-5-7-10-27/h1,5-7,9-11,14,19-20,22,29-31,53H,4,8,12-13,15-18,21,23-26H2,2H3/t29-,30?,31?,43+,58?/m1/s1. The van der Waals surface area contributed by atoms with Gasteiger partial charge in [0.2, 0.25) is 0 Å². The Morgan fingerprint density at radius 1 is 1.05 bits per heavy atom. The summed E-state index contributed by atoms with van der Waals surface area (Å²) in [5, 5.41) is 11.6. The smallest absolute Gasteiger partial charge is 0.408 e. The molecule has 2 aromatic heterocycles. The van der Waals surface area contributed by atoms with Crippen molar-refractivity contribution >= 4 is 35.2 Å². The van der Waals surface area contributed by atoms with E-state index in [9.17, 15) is 14.1 Å². The molecule has 5 atom stereocenters. The van der Waals surface area contributed by atoms with Gasteiger partial charge in [0.25, 0.3) is 0 Å². The van der Waals surface area contributed by atoms with E-state index in [1.807, 2.05) is 39.9 Å². The number of piperazine rings is 1. The van der Waals surface area contributed by atoms with Crippen molar-refractivity contribution in [1.29, 1.82) is 0 Å². The average molecular weight is 813 g/mol. The third kappa shape index (κ3) is 6.86. The highest BCUT2D eigenvalue weighted by Gasteiger charge is 2.52. The summed E-state index contributed by atoms with van der Waals surface area (Å²) in [5.41, 5.74) is 0.255. The highest BCUT2D eigenvalue weighted by molar-refractivity contribution is 7.51. The van der Waals surface area contributed by atoms with Gasteiger partial charge in [-0.25, -0.2) is 17.7 Å². The number of phenolic OH excluding ortho intramolecular Hbond substituents is 1. The first kappa shape index (κ1) is 38.7. The highest BCUT2D eigenvalue weighted by atomic mass is 31.2. The number of terminal acetylenes is 1. The average Bonchev–Trinajstić information content (AvgIpc) is 3.84. The van der Waals surface area contributed by atoms with Crippen LogP contribution >= 0.6 is 7.75 Å². The van der Waals surface area contributed by atoms with Crippen molar-refractivity contribution in [3.63, 3.8) is 0 Å². The number of benzene rings is 3. The number of aromatic nitrogens is 3. The molecule has 302 valence electrons. The molecule has 4 aliphatic rings. The molecule has 3 unspecified atom stereocenters. The van der Waals surface area contributed by atoms with Gasteiger partial charge in [0.1, 0.15) is 41.4 Å². The third-order valence-corrected chi connectivity index (χ3v) is 14.4. The first-order valence-electron chi connectivity index (χ1n) is 19.9. The van der Waals surface area contributed by atoms with Gasteiger partial charge < -0.3 is 14.7 Å².